The second-order valence-electron chi connectivity index (χ2n) is 5.19. The molecule has 0 aliphatic carbocycles. The Balaban J connectivity index is 1.49. The van der Waals surface area contributed by atoms with Gasteiger partial charge in [0.05, 0.1) is 11.9 Å². The molecule has 3 rings (SSSR count). The summed E-state index contributed by atoms with van der Waals surface area (Å²) in [6.07, 6.45) is 5.00. The molecule has 0 atom stereocenters. The van der Waals surface area contributed by atoms with Crippen LogP contribution in [-0.2, 0) is 13.0 Å². The zero-order chi connectivity index (χ0) is 15.2. The second-order valence-corrected chi connectivity index (χ2v) is 6.10. The molecule has 3 nitrogen and oxygen atoms in total. The van der Waals surface area contributed by atoms with Gasteiger partial charge in [-0.15, -0.1) is 0 Å². The van der Waals surface area contributed by atoms with Crippen molar-refractivity contribution < 1.29 is 0 Å². The minimum Gasteiger partial charge on any atom is -0.312 e. The monoisotopic (exact) mass is 355 g/mol. The standard InChI is InChI=1S/C18H18BrN3/c19-17-6-4-5-15(11-17)12-20-10-9-16-13-21-22(14-16)18-7-2-1-3-8-18/h1-8,11,13-14,20H,9-10,12H2. The van der Waals surface area contributed by atoms with Crippen LogP contribution >= 0.6 is 15.9 Å². The smallest absolute Gasteiger partial charge is 0.0645 e. The molecule has 4 heteroatoms. The van der Waals surface area contributed by atoms with E-state index >= 15 is 0 Å². The number of nitrogens with zero attached hydrogens (tertiary/aromatic N) is 2. The fraction of sp³-hybridized carbons (Fsp3) is 0.167. The first-order valence-corrected chi connectivity index (χ1v) is 8.15. The molecule has 0 radical (unpaired) electrons. The Morgan fingerprint density at radius 2 is 1.86 bits per heavy atom. The molecule has 1 N–H and O–H groups in total. The van der Waals surface area contributed by atoms with Crippen molar-refractivity contribution in [2.24, 2.45) is 0 Å². The van der Waals surface area contributed by atoms with Gasteiger partial charge in [-0.3, -0.25) is 0 Å². The molecule has 0 spiro atoms. The fourth-order valence-electron chi connectivity index (χ4n) is 2.32. The Hall–Kier alpha value is -1.91. The van der Waals surface area contributed by atoms with Crippen LogP contribution in [0.5, 0.6) is 0 Å². The summed E-state index contributed by atoms with van der Waals surface area (Å²) >= 11 is 3.49. The summed E-state index contributed by atoms with van der Waals surface area (Å²) in [5.74, 6) is 0. The Morgan fingerprint density at radius 1 is 1.00 bits per heavy atom. The van der Waals surface area contributed by atoms with Gasteiger partial charge in [-0.2, -0.15) is 5.10 Å². The van der Waals surface area contributed by atoms with Crippen LogP contribution in [0, 0.1) is 0 Å². The van der Waals surface area contributed by atoms with E-state index in [1.165, 1.54) is 11.1 Å². The number of hydrogen-bond donors (Lipinski definition) is 1. The van der Waals surface area contributed by atoms with Crippen molar-refractivity contribution in [3.8, 4) is 5.69 Å². The maximum absolute atomic E-state index is 4.42. The summed E-state index contributed by atoms with van der Waals surface area (Å²) < 4.78 is 3.04. The number of hydrogen-bond acceptors (Lipinski definition) is 2. The third-order valence-electron chi connectivity index (χ3n) is 3.47. The number of nitrogens with one attached hydrogen (secondary N) is 1. The first kappa shape index (κ1) is 15.0. The van der Waals surface area contributed by atoms with Crippen molar-refractivity contribution in [1.82, 2.24) is 15.1 Å². The van der Waals surface area contributed by atoms with Gasteiger partial charge in [-0.1, -0.05) is 46.3 Å². The molecular formula is C18H18BrN3. The second kappa shape index (κ2) is 7.38. The van der Waals surface area contributed by atoms with Crippen LogP contribution in [0.1, 0.15) is 11.1 Å². The highest BCUT2D eigenvalue weighted by Gasteiger charge is 2.00. The summed E-state index contributed by atoms with van der Waals surface area (Å²) in [7, 11) is 0. The van der Waals surface area contributed by atoms with Gasteiger partial charge in [0.25, 0.3) is 0 Å². The van der Waals surface area contributed by atoms with Gasteiger partial charge in [0, 0.05) is 17.2 Å². The van der Waals surface area contributed by atoms with Gasteiger partial charge in [-0.25, -0.2) is 4.68 Å². The lowest BCUT2D eigenvalue weighted by molar-refractivity contribution is 0.686. The summed E-state index contributed by atoms with van der Waals surface area (Å²) in [5, 5.41) is 7.89. The van der Waals surface area contributed by atoms with E-state index in [-0.39, 0.29) is 0 Å². The van der Waals surface area contributed by atoms with Gasteiger partial charge in [0.1, 0.15) is 0 Å². The fourth-order valence-corrected chi connectivity index (χ4v) is 2.77. The molecule has 0 amide bonds. The minimum absolute atomic E-state index is 0.881. The molecule has 22 heavy (non-hydrogen) atoms. The quantitative estimate of drug-likeness (QED) is 0.678. The lowest BCUT2D eigenvalue weighted by Crippen LogP contribution is -2.16. The molecule has 0 saturated heterocycles. The molecule has 0 aliphatic heterocycles. The van der Waals surface area contributed by atoms with Gasteiger partial charge < -0.3 is 5.32 Å². The van der Waals surface area contributed by atoms with Crippen molar-refractivity contribution in [1.29, 1.82) is 0 Å². The number of para-hydroxylation sites is 1. The van der Waals surface area contributed by atoms with Crippen LogP contribution < -0.4 is 5.32 Å². The Morgan fingerprint density at radius 3 is 2.68 bits per heavy atom. The number of rotatable bonds is 6. The van der Waals surface area contributed by atoms with Crippen LogP contribution in [0.4, 0.5) is 0 Å². The van der Waals surface area contributed by atoms with Gasteiger partial charge in [0.15, 0.2) is 0 Å². The molecule has 3 aromatic rings. The van der Waals surface area contributed by atoms with Gasteiger partial charge >= 0.3 is 0 Å². The van der Waals surface area contributed by atoms with Crippen molar-refractivity contribution in [3.05, 3.63) is 82.6 Å². The van der Waals surface area contributed by atoms with E-state index < -0.39 is 0 Å². The first-order valence-electron chi connectivity index (χ1n) is 7.35. The van der Waals surface area contributed by atoms with E-state index in [0.717, 1.165) is 29.7 Å². The zero-order valence-electron chi connectivity index (χ0n) is 12.2. The van der Waals surface area contributed by atoms with Crippen LogP contribution in [-0.4, -0.2) is 16.3 Å². The van der Waals surface area contributed by atoms with E-state index in [2.05, 4.69) is 62.9 Å². The molecule has 0 bridgehead atoms. The van der Waals surface area contributed by atoms with Crippen LogP contribution in [0.25, 0.3) is 5.69 Å². The van der Waals surface area contributed by atoms with Gasteiger partial charge in [-0.05, 0) is 48.4 Å². The molecule has 0 fully saturated rings. The normalized spacial score (nSPS) is 10.8. The van der Waals surface area contributed by atoms with Crippen molar-refractivity contribution in [3.63, 3.8) is 0 Å². The van der Waals surface area contributed by atoms with E-state index in [0.29, 0.717) is 0 Å². The summed E-state index contributed by atoms with van der Waals surface area (Å²) in [6, 6.07) is 18.6. The third-order valence-corrected chi connectivity index (χ3v) is 3.96. The molecular weight excluding hydrogens is 338 g/mol. The third kappa shape index (κ3) is 4.06. The van der Waals surface area contributed by atoms with Crippen LogP contribution in [0.15, 0.2) is 71.5 Å². The van der Waals surface area contributed by atoms with E-state index in [1.807, 2.05) is 35.1 Å². The molecule has 112 valence electrons. The SMILES string of the molecule is Brc1cccc(CNCCc2cnn(-c3ccccc3)c2)c1. The molecule has 2 aromatic carbocycles. The van der Waals surface area contributed by atoms with Crippen molar-refractivity contribution in [2.75, 3.05) is 6.54 Å². The zero-order valence-corrected chi connectivity index (χ0v) is 13.8. The maximum atomic E-state index is 4.42. The molecule has 0 aliphatic rings. The predicted octanol–water partition coefficient (Wildman–Crippen LogP) is 3.97. The van der Waals surface area contributed by atoms with E-state index in [1.54, 1.807) is 0 Å². The highest BCUT2D eigenvalue weighted by molar-refractivity contribution is 9.10. The van der Waals surface area contributed by atoms with E-state index in [9.17, 15) is 0 Å². The lowest BCUT2D eigenvalue weighted by Gasteiger charge is -2.04. The topological polar surface area (TPSA) is 29.9 Å². The summed E-state index contributed by atoms with van der Waals surface area (Å²) in [4.78, 5) is 0. The number of aromatic nitrogens is 2. The van der Waals surface area contributed by atoms with Crippen molar-refractivity contribution >= 4 is 15.9 Å². The molecule has 0 saturated carbocycles. The van der Waals surface area contributed by atoms with Crippen LogP contribution in [0.2, 0.25) is 0 Å². The van der Waals surface area contributed by atoms with Crippen molar-refractivity contribution in [2.45, 2.75) is 13.0 Å². The average Bonchev–Trinajstić information content (AvgIpc) is 3.01. The number of benzene rings is 2. The highest BCUT2D eigenvalue weighted by Crippen LogP contribution is 2.11. The largest absolute Gasteiger partial charge is 0.312 e. The predicted molar refractivity (Wildman–Crippen MR) is 93.1 cm³/mol. The van der Waals surface area contributed by atoms with Crippen LogP contribution in [0.3, 0.4) is 0 Å². The summed E-state index contributed by atoms with van der Waals surface area (Å²) in [6.45, 7) is 1.82. The number of halogens is 1. The molecule has 0 unspecified atom stereocenters. The Bertz CT molecular complexity index is 722. The maximum Gasteiger partial charge on any atom is 0.0645 e. The highest BCUT2D eigenvalue weighted by atomic mass is 79.9. The summed E-state index contributed by atoms with van der Waals surface area (Å²) in [5.41, 5.74) is 3.62. The van der Waals surface area contributed by atoms with E-state index in [4.69, 9.17) is 0 Å². The first-order chi connectivity index (χ1) is 10.8. The lowest BCUT2D eigenvalue weighted by atomic mass is 10.2. The Labute approximate surface area is 139 Å². The minimum atomic E-state index is 0.881. The average molecular weight is 356 g/mol. The molecule has 1 aromatic heterocycles. The molecule has 1 heterocycles. The van der Waals surface area contributed by atoms with Gasteiger partial charge in [0.2, 0.25) is 0 Å². The Kier molecular flexibility index (Phi) is 5.03.